The summed E-state index contributed by atoms with van der Waals surface area (Å²) in [7, 11) is 0. The van der Waals surface area contributed by atoms with Crippen LogP contribution in [0.1, 0.15) is 45.4 Å². The summed E-state index contributed by atoms with van der Waals surface area (Å²) in [5.74, 6) is 1.94. The van der Waals surface area contributed by atoms with E-state index in [4.69, 9.17) is 4.74 Å². The molecule has 108 valence electrons. The molecule has 1 amide bonds. The summed E-state index contributed by atoms with van der Waals surface area (Å²) in [4.78, 5) is 13.5. The van der Waals surface area contributed by atoms with Gasteiger partial charge >= 0.3 is 6.09 Å². The third-order valence-electron chi connectivity index (χ3n) is 5.21. The van der Waals surface area contributed by atoms with Gasteiger partial charge in [0.1, 0.15) is 0 Å². The maximum atomic E-state index is 11.6. The van der Waals surface area contributed by atoms with Crippen LogP contribution >= 0.6 is 0 Å². The average Bonchev–Trinajstić information content (AvgIpc) is 3.02. The Hall–Kier alpha value is -0.770. The lowest BCUT2D eigenvalue weighted by Crippen LogP contribution is -2.49. The molecule has 1 saturated heterocycles. The van der Waals surface area contributed by atoms with E-state index in [1.54, 1.807) is 0 Å². The monoisotopic (exact) mass is 266 g/mol. The first kappa shape index (κ1) is 13.2. The molecule has 0 radical (unpaired) electrons. The molecular weight excluding hydrogens is 240 g/mol. The van der Waals surface area contributed by atoms with Crippen molar-refractivity contribution in [3.05, 3.63) is 0 Å². The van der Waals surface area contributed by atoms with Crippen molar-refractivity contribution >= 4 is 6.09 Å². The van der Waals surface area contributed by atoms with Gasteiger partial charge in [0.2, 0.25) is 0 Å². The van der Waals surface area contributed by atoms with E-state index < -0.39 is 0 Å². The van der Waals surface area contributed by atoms with Gasteiger partial charge in [0.25, 0.3) is 0 Å². The zero-order valence-corrected chi connectivity index (χ0v) is 11.9. The van der Waals surface area contributed by atoms with Crippen LogP contribution in [0.2, 0.25) is 0 Å². The minimum absolute atomic E-state index is 0.138. The summed E-state index contributed by atoms with van der Waals surface area (Å²) >= 11 is 0. The van der Waals surface area contributed by atoms with Gasteiger partial charge in [0.05, 0.1) is 6.61 Å². The Morgan fingerprint density at radius 3 is 2.58 bits per heavy atom. The molecule has 0 spiro atoms. The SMILES string of the molecule is CCOC(=O)N1CCC(NC2CC3CCC2C3)CC1. The van der Waals surface area contributed by atoms with Gasteiger partial charge in [-0.05, 0) is 50.9 Å². The standard InChI is InChI=1S/C15H26N2O2/c1-2-19-15(18)17-7-5-13(6-8-17)16-14-10-11-3-4-12(14)9-11/h11-14,16H,2-10H2,1H3. The highest BCUT2D eigenvalue weighted by atomic mass is 16.6. The molecule has 0 aromatic rings. The highest BCUT2D eigenvalue weighted by molar-refractivity contribution is 5.67. The number of nitrogens with one attached hydrogen (secondary N) is 1. The first-order chi connectivity index (χ1) is 9.26. The predicted molar refractivity (Wildman–Crippen MR) is 74.0 cm³/mol. The fourth-order valence-corrected chi connectivity index (χ4v) is 4.20. The van der Waals surface area contributed by atoms with Gasteiger partial charge in [-0.1, -0.05) is 6.42 Å². The summed E-state index contributed by atoms with van der Waals surface area (Å²) < 4.78 is 5.06. The number of nitrogens with zero attached hydrogens (tertiary/aromatic N) is 1. The number of likely N-dealkylation sites (tertiary alicyclic amines) is 1. The predicted octanol–water partition coefficient (Wildman–Crippen LogP) is 2.39. The molecule has 0 aromatic heterocycles. The molecule has 19 heavy (non-hydrogen) atoms. The van der Waals surface area contributed by atoms with Crippen molar-refractivity contribution in [2.75, 3.05) is 19.7 Å². The molecule has 2 bridgehead atoms. The number of rotatable bonds is 3. The first-order valence-corrected chi connectivity index (χ1v) is 7.94. The molecule has 3 aliphatic rings. The van der Waals surface area contributed by atoms with Crippen molar-refractivity contribution in [3.8, 4) is 0 Å². The molecule has 1 aliphatic heterocycles. The molecule has 4 nitrogen and oxygen atoms in total. The van der Waals surface area contributed by atoms with Crippen LogP contribution in [0, 0.1) is 11.8 Å². The smallest absolute Gasteiger partial charge is 0.409 e. The first-order valence-electron chi connectivity index (χ1n) is 7.94. The van der Waals surface area contributed by atoms with Gasteiger partial charge in [-0.15, -0.1) is 0 Å². The van der Waals surface area contributed by atoms with Crippen LogP contribution in [0.15, 0.2) is 0 Å². The Morgan fingerprint density at radius 2 is 2.00 bits per heavy atom. The highest BCUT2D eigenvalue weighted by Crippen LogP contribution is 2.44. The summed E-state index contributed by atoms with van der Waals surface area (Å²) in [5, 5.41) is 3.86. The van der Waals surface area contributed by atoms with Gasteiger partial charge in [-0.25, -0.2) is 4.79 Å². The third-order valence-corrected chi connectivity index (χ3v) is 5.21. The van der Waals surface area contributed by atoms with Crippen molar-refractivity contribution in [2.24, 2.45) is 11.8 Å². The Balaban J connectivity index is 1.42. The number of carbonyl (C=O) groups is 1. The minimum Gasteiger partial charge on any atom is -0.450 e. The summed E-state index contributed by atoms with van der Waals surface area (Å²) in [5.41, 5.74) is 0. The summed E-state index contributed by atoms with van der Waals surface area (Å²) in [6.07, 6.45) is 7.76. The second-order valence-electron chi connectivity index (χ2n) is 6.41. The molecule has 3 rings (SSSR count). The molecule has 3 unspecified atom stereocenters. The number of hydrogen-bond acceptors (Lipinski definition) is 3. The Bertz CT molecular complexity index is 326. The Labute approximate surface area is 115 Å². The summed E-state index contributed by atoms with van der Waals surface area (Å²) in [6.45, 7) is 4.03. The Kier molecular flexibility index (Phi) is 3.96. The second kappa shape index (κ2) is 5.70. The van der Waals surface area contributed by atoms with E-state index in [2.05, 4.69) is 5.32 Å². The normalized spacial score (nSPS) is 34.8. The van der Waals surface area contributed by atoms with E-state index >= 15 is 0 Å². The maximum absolute atomic E-state index is 11.6. The Morgan fingerprint density at radius 1 is 1.21 bits per heavy atom. The molecule has 1 N–H and O–H groups in total. The van der Waals surface area contributed by atoms with Crippen molar-refractivity contribution < 1.29 is 9.53 Å². The minimum atomic E-state index is -0.138. The van der Waals surface area contributed by atoms with Crippen molar-refractivity contribution in [1.82, 2.24) is 10.2 Å². The van der Waals surface area contributed by atoms with Crippen LogP contribution in [0.25, 0.3) is 0 Å². The van der Waals surface area contributed by atoms with Crippen molar-refractivity contribution in [3.63, 3.8) is 0 Å². The van der Waals surface area contributed by atoms with E-state index in [1.165, 1.54) is 25.7 Å². The van der Waals surface area contributed by atoms with Crippen LogP contribution < -0.4 is 5.32 Å². The van der Waals surface area contributed by atoms with Gasteiger partial charge in [-0.2, -0.15) is 0 Å². The van der Waals surface area contributed by atoms with E-state index in [-0.39, 0.29) is 6.09 Å². The molecule has 1 heterocycles. The van der Waals surface area contributed by atoms with Gasteiger partial charge in [0.15, 0.2) is 0 Å². The topological polar surface area (TPSA) is 41.6 Å². The van der Waals surface area contributed by atoms with Gasteiger partial charge in [0, 0.05) is 25.2 Å². The van der Waals surface area contributed by atoms with Gasteiger partial charge in [-0.3, -0.25) is 0 Å². The lowest BCUT2D eigenvalue weighted by atomic mass is 9.93. The molecule has 2 aliphatic carbocycles. The molecule has 0 aromatic carbocycles. The van der Waals surface area contributed by atoms with Crippen LogP contribution in [0.5, 0.6) is 0 Å². The highest BCUT2D eigenvalue weighted by Gasteiger charge is 2.40. The van der Waals surface area contributed by atoms with Crippen LogP contribution in [-0.4, -0.2) is 42.8 Å². The van der Waals surface area contributed by atoms with E-state index in [9.17, 15) is 4.79 Å². The fraction of sp³-hybridized carbons (Fsp3) is 0.933. The number of ether oxygens (including phenoxy) is 1. The summed E-state index contributed by atoms with van der Waals surface area (Å²) in [6, 6.07) is 1.37. The maximum Gasteiger partial charge on any atom is 0.409 e. The van der Waals surface area contributed by atoms with E-state index in [0.29, 0.717) is 12.6 Å². The number of piperidine rings is 1. The second-order valence-corrected chi connectivity index (χ2v) is 6.41. The molecule has 4 heteroatoms. The molecule has 3 atom stereocenters. The van der Waals surface area contributed by atoms with E-state index in [0.717, 1.165) is 43.8 Å². The average molecular weight is 266 g/mol. The molecule has 2 saturated carbocycles. The zero-order valence-electron chi connectivity index (χ0n) is 11.9. The largest absolute Gasteiger partial charge is 0.450 e. The molecular formula is C15H26N2O2. The van der Waals surface area contributed by atoms with Crippen LogP contribution in [0.4, 0.5) is 4.79 Å². The third kappa shape index (κ3) is 2.88. The number of amides is 1. The molecule has 3 fully saturated rings. The van der Waals surface area contributed by atoms with Crippen molar-refractivity contribution in [1.29, 1.82) is 0 Å². The van der Waals surface area contributed by atoms with Crippen molar-refractivity contribution in [2.45, 2.75) is 57.5 Å². The number of fused-ring (bicyclic) bond motifs is 2. The van der Waals surface area contributed by atoms with Crippen LogP contribution in [-0.2, 0) is 4.74 Å². The zero-order chi connectivity index (χ0) is 13.2. The van der Waals surface area contributed by atoms with Crippen LogP contribution in [0.3, 0.4) is 0 Å². The van der Waals surface area contributed by atoms with E-state index in [1.807, 2.05) is 11.8 Å². The number of carbonyl (C=O) groups excluding carboxylic acids is 1. The quantitative estimate of drug-likeness (QED) is 0.853. The number of hydrogen-bond donors (Lipinski definition) is 1. The van der Waals surface area contributed by atoms with Gasteiger partial charge < -0.3 is 15.0 Å². The lowest BCUT2D eigenvalue weighted by molar-refractivity contribution is 0.0933. The fourth-order valence-electron chi connectivity index (χ4n) is 4.20. The lowest BCUT2D eigenvalue weighted by Gasteiger charge is -2.35.